The van der Waals surface area contributed by atoms with Crippen molar-refractivity contribution in [1.29, 1.82) is 0 Å². The average molecular weight is 247 g/mol. The molecule has 1 aliphatic rings. The fourth-order valence-electron chi connectivity index (χ4n) is 1.35. The zero-order valence-corrected chi connectivity index (χ0v) is 10.4. The van der Waals surface area contributed by atoms with E-state index in [1.165, 1.54) is 0 Å². The fourth-order valence-corrected chi connectivity index (χ4v) is 2.01. The summed E-state index contributed by atoms with van der Waals surface area (Å²) in [5.74, 6) is 0.999. The van der Waals surface area contributed by atoms with E-state index in [9.17, 15) is 4.79 Å². The molecule has 0 bridgehead atoms. The number of hydrogen-bond donors (Lipinski definition) is 0. The molecule has 1 aliphatic heterocycles. The molecule has 17 heavy (non-hydrogen) atoms. The predicted octanol–water partition coefficient (Wildman–Crippen LogP) is 2.97. The van der Waals surface area contributed by atoms with Gasteiger partial charge in [0.05, 0.1) is 0 Å². The predicted molar refractivity (Wildman–Crippen MR) is 69.9 cm³/mol. The Labute approximate surface area is 105 Å². The van der Waals surface area contributed by atoms with Gasteiger partial charge in [0.2, 0.25) is 5.90 Å². The van der Waals surface area contributed by atoms with Crippen molar-refractivity contribution >= 4 is 23.6 Å². The fraction of sp³-hybridized carbons (Fsp3) is 0.231. The topological polar surface area (TPSA) is 38.7 Å². The van der Waals surface area contributed by atoms with E-state index in [4.69, 9.17) is 4.74 Å². The van der Waals surface area contributed by atoms with Crippen molar-refractivity contribution < 1.29 is 9.53 Å². The van der Waals surface area contributed by atoms with Gasteiger partial charge in [-0.05, 0) is 24.3 Å². The van der Waals surface area contributed by atoms with E-state index in [1.54, 1.807) is 17.2 Å². The Hall–Kier alpha value is -1.55. The smallest absolute Gasteiger partial charge is 0.364 e. The van der Waals surface area contributed by atoms with Crippen LogP contribution in [0.15, 0.2) is 46.4 Å². The maximum atomic E-state index is 11.5. The van der Waals surface area contributed by atoms with Gasteiger partial charge in [0.1, 0.15) is 0 Å². The van der Waals surface area contributed by atoms with Crippen molar-refractivity contribution in [3.63, 3.8) is 0 Å². The highest BCUT2D eigenvalue weighted by molar-refractivity contribution is 8.02. The molecule has 0 atom stereocenters. The maximum Gasteiger partial charge on any atom is 0.364 e. The molecular formula is C13H13NO2S. The molecule has 4 heteroatoms. The van der Waals surface area contributed by atoms with Crippen LogP contribution in [0, 0.1) is 0 Å². The van der Waals surface area contributed by atoms with E-state index < -0.39 is 0 Å². The van der Waals surface area contributed by atoms with Crippen molar-refractivity contribution in [2.24, 2.45) is 4.99 Å². The summed E-state index contributed by atoms with van der Waals surface area (Å²) in [6.07, 6.45) is 1.07. The van der Waals surface area contributed by atoms with Gasteiger partial charge in [-0.3, -0.25) is 0 Å². The molecule has 1 heterocycles. The Kier molecular flexibility index (Phi) is 3.98. The second kappa shape index (κ2) is 5.68. The van der Waals surface area contributed by atoms with E-state index in [2.05, 4.69) is 11.9 Å². The van der Waals surface area contributed by atoms with Gasteiger partial charge in [-0.2, -0.15) is 0 Å². The van der Waals surface area contributed by atoms with Crippen LogP contribution in [0.4, 0.5) is 0 Å². The monoisotopic (exact) mass is 247 g/mol. The van der Waals surface area contributed by atoms with Crippen LogP contribution in [-0.2, 0) is 9.53 Å². The Morgan fingerprint density at radius 1 is 1.35 bits per heavy atom. The summed E-state index contributed by atoms with van der Waals surface area (Å²) in [6, 6.07) is 9.43. The number of thioether (sulfide) groups is 1. The van der Waals surface area contributed by atoms with E-state index in [0.29, 0.717) is 11.6 Å². The molecule has 0 aliphatic carbocycles. The molecule has 2 rings (SSSR count). The van der Waals surface area contributed by atoms with Crippen LogP contribution in [0.1, 0.15) is 18.9 Å². The van der Waals surface area contributed by atoms with Crippen molar-refractivity contribution in [2.75, 3.05) is 5.75 Å². The summed E-state index contributed by atoms with van der Waals surface area (Å²) < 4.78 is 5.12. The Morgan fingerprint density at radius 2 is 2.12 bits per heavy atom. The van der Waals surface area contributed by atoms with Gasteiger partial charge < -0.3 is 4.74 Å². The molecule has 0 unspecified atom stereocenters. The molecule has 0 N–H and O–H groups in total. The summed E-state index contributed by atoms with van der Waals surface area (Å²) in [7, 11) is 0. The summed E-state index contributed by atoms with van der Waals surface area (Å²) in [4.78, 5) is 15.7. The third kappa shape index (κ3) is 2.97. The van der Waals surface area contributed by atoms with Crippen LogP contribution < -0.4 is 0 Å². The summed E-state index contributed by atoms with van der Waals surface area (Å²) in [6.45, 7) is 2.09. The Morgan fingerprint density at radius 3 is 2.82 bits per heavy atom. The number of carbonyl (C=O) groups excluding carboxylic acids is 1. The average Bonchev–Trinajstić information content (AvgIpc) is 2.73. The van der Waals surface area contributed by atoms with E-state index in [-0.39, 0.29) is 5.97 Å². The van der Waals surface area contributed by atoms with Crippen molar-refractivity contribution in [2.45, 2.75) is 13.3 Å². The molecule has 0 spiro atoms. The molecule has 1 aromatic rings. The minimum absolute atomic E-state index is 0.368. The van der Waals surface area contributed by atoms with Crippen LogP contribution >= 0.6 is 11.8 Å². The van der Waals surface area contributed by atoms with Gasteiger partial charge in [-0.1, -0.05) is 25.1 Å². The third-order valence-electron chi connectivity index (χ3n) is 2.16. The molecule has 0 aromatic heterocycles. The van der Waals surface area contributed by atoms with Crippen LogP contribution in [0.2, 0.25) is 0 Å². The number of ether oxygens (including phenoxy) is 1. The van der Waals surface area contributed by atoms with Crippen molar-refractivity contribution in [3.8, 4) is 0 Å². The second-order valence-electron chi connectivity index (χ2n) is 3.55. The van der Waals surface area contributed by atoms with Crippen LogP contribution in [0.3, 0.4) is 0 Å². The third-order valence-corrected chi connectivity index (χ3v) is 3.19. The number of aliphatic imine (C=N–C) groups is 1. The lowest BCUT2D eigenvalue weighted by Gasteiger charge is -1.97. The van der Waals surface area contributed by atoms with Crippen LogP contribution in [0.25, 0.3) is 0 Å². The first-order valence-corrected chi connectivity index (χ1v) is 6.54. The zero-order chi connectivity index (χ0) is 12.1. The van der Waals surface area contributed by atoms with E-state index in [1.807, 2.05) is 30.3 Å². The number of benzene rings is 1. The quantitative estimate of drug-likeness (QED) is 0.466. The second-order valence-corrected chi connectivity index (χ2v) is 4.52. The lowest BCUT2D eigenvalue weighted by atomic mass is 10.2. The number of nitrogens with zero attached hydrogens (tertiary/aromatic N) is 1. The standard InChI is InChI=1S/C13H13NO2S/c1-2-8-17-9-11-13(15)16-12(14-11)10-6-4-3-5-7-10/h3-7,9H,2,8H2,1H3/b11-9-. The normalized spacial score (nSPS) is 17.1. The number of esters is 1. The minimum atomic E-state index is -0.368. The molecular weight excluding hydrogens is 234 g/mol. The molecule has 0 radical (unpaired) electrons. The van der Waals surface area contributed by atoms with E-state index >= 15 is 0 Å². The lowest BCUT2D eigenvalue weighted by Crippen LogP contribution is -2.04. The molecule has 1 aromatic carbocycles. The Balaban J connectivity index is 2.14. The highest BCUT2D eigenvalue weighted by atomic mass is 32.2. The minimum Gasteiger partial charge on any atom is -0.402 e. The van der Waals surface area contributed by atoms with Crippen molar-refractivity contribution in [1.82, 2.24) is 0 Å². The first kappa shape index (κ1) is 11.9. The number of carbonyl (C=O) groups is 1. The van der Waals surface area contributed by atoms with Crippen LogP contribution in [0.5, 0.6) is 0 Å². The number of hydrogen-bond acceptors (Lipinski definition) is 4. The highest BCUT2D eigenvalue weighted by Gasteiger charge is 2.23. The molecule has 0 amide bonds. The van der Waals surface area contributed by atoms with Gasteiger partial charge in [-0.25, -0.2) is 9.79 Å². The highest BCUT2D eigenvalue weighted by Crippen LogP contribution is 2.19. The lowest BCUT2D eigenvalue weighted by molar-refractivity contribution is -0.130. The first-order chi connectivity index (χ1) is 8.31. The van der Waals surface area contributed by atoms with Gasteiger partial charge in [-0.15, -0.1) is 11.8 Å². The van der Waals surface area contributed by atoms with Gasteiger partial charge in [0, 0.05) is 11.0 Å². The van der Waals surface area contributed by atoms with Crippen LogP contribution in [-0.4, -0.2) is 17.6 Å². The summed E-state index contributed by atoms with van der Waals surface area (Å²) >= 11 is 1.58. The Bertz CT molecular complexity index is 466. The number of cyclic esters (lactones) is 1. The SMILES string of the molecule is CCCS/C=C1\N=C(c2ccccc2)OC1=O. The van der Waals surface area contributed by atoms with Gasteiger partial charge >= 0.3 is 5.97 Å². The number of rotatable bonds is 4. The molecule has 3 nitrogen and oxygen atoms in total. The maximum absolute atomic E-state index is 11.5. The zero-order valence-electron chi connectivity index (χ0n) is 9.55. The molecule has 0 fully saturated rings. The molecule has 0 saturated carbocycles. The summed E-state index contributed by atoms with van der Waals surface area (Å²) in [5, 5.41) is 1.77. The first-order valence-electron chi connectivity index (χ1n) is 5.49. The molecule has 88 valence electrons. The van der Waals surface area contributed by atoms with E-state index in [0.717, 1.165) is 17.7 Å². The molecule has 0 saturated heterocycles. The van der Waals surface area contributed by atoms with Crippen molar-refractivity contribution in [3.05, 3.63) is 47.0 Å². The van der Waals surface area contributed by atoms with Gasteiger partial charge in [0.25, 0.3) is 0 Å². The largest absolute Gasteiger partial charge is 0.402 e. The summed E-state index contributed by atoms with van der Waals surface area (Å²) in [5.41, 5.74) is 1.21. The van der Waals surface area contributed by atoms with Gasteiger partial charge in [0.15, 0.2) is 5.70 Å².